The van der Waals surface area contributed by atoms with Crippen molar-refractivity contribution >= 4 is 17.6 Å². The van der Waals surface area contributed by atoms with Gasteiger partial charge in [0.05, 0.1) is 12.8 Å². The van der Waals surface area contributed by atoms with Crippen molar-refractivity contribution in [1.82, 2.24) is 4.98 Å². The Kier molecular flexibility index (Phi) is 4.98. The first-order chi connectivity index (χ1) is 12.9. The quantitative estimate of drug-likeness (QED) is 0.701. The summed E-state index contributed by atoms with van der Waals surface area (Å²) in [6.07, 6.45) is 0. The lowest BCUT2D eigenvalue weighted by Crippen LogP contribution is -2.15. The third-order valence-corrected chi connectivity index (χ3v) is 3.75. The van der Waals surface area contributed by atoms with Crippen molar-refractivity contribution in [3.8, 4) is 11.3 Å². The molecule has 3 aromatic rings. The number of carbonyl (C=O) groups excluding carboxylic acids is 2. The fourth-order valence-electron chi connectivity index (χ4n) is 2.45. The Morgan fingerprint density at radius 3 is 2.30 bits per heavy atom. The van der Waals surface area contributed by atoms with Crippen LogP contribution >= 0.6 is 0 Å². The number of halogens is 2. The van der Waals surface area contributed by atoms with Gasteiger partial charge in [0.2, 0.25) is 0 Å². The molecule has 2 aromatic carbocycles. The molecule has 0 spiro atoms. The minimum Gasteiger partial charge on any atom is -0.462 e. The van der Waals surface area contributed by atoms with Crippen LogP contribution in [0.4, 0.5) is 14.5 Å². The van der Waals surface area contributed by atoms with Gasteiger partial charge < -0.3 is 14.5 Å². The number of amides is 1. The van der Waals surface area contributed by atoms with Gasteiger partial charge in [-0.3, -0.25) is 4.79 Å². The number of rotatable bonds is 4. The Hall–Kier alpha value is -3.55. The Morgan fingerprint density at radius 1 is 1.07 bits per heavy atom. The summed E-state index contributed by atoms with van der Waals surface area (Å²) in [7, 11) is 1.22. The second-order valence-corrected chi connectivity index (χ2v) is 5.55. The lowest BCUT2D eigenvalue weighted by molar-refractivity contribution is 0.0557. The van der Waals surface area contributed by atoms with E-state index in [0.717, 1.165) is 12.1 Å². The largest absolute Gasteiger partial charge is 0.462 e. The third kappa shape index (κ3) is 3.69. The van der Waals surface area contributed by atoms with E-state index in [4.69, 9.17) is 4.42 Å². The number of hydrogen-bond donors (Lipinski definition) is 1. The number of anilines is 1. The zero-order valence-corrected chi connectivity index (χ0v) is 14.4. The van der Waals surface area contributed by atoms with Gasteiger partial charge in [0, 0.05) is 11.3 Å². The summed E-state index contributed by atoms with van der Waals surface area (Å²) in [5.74, 6) is -3.29. The maximum absolute atomic E-state index is 13.7. The molecule has 8 heteroatoms. The second kappa shape index (κ2) is 7.36. The number of aromatic nitrogens is 1. The van der Waals surface area contributed by atoms with Gasteiger partial charge in [-0.15, -0.1) is 0 Å². The normalized spacial score (nSPS) is 10.5. The van der Waals surface area contributed by atoms with Crippen molar-refractivity contribution in [2.75, 3.05) is 12.4 Å². The summed E-state index contributed by atoms with van der Waals surface area (Å²) in [6.45, 7) is 1.67. The van der Waals surface area contributed by atoms with E-state index in [1.807, 2.05) is 0 Å². The third-order valence-electron chi connectivity index (χ3n) is 3.75. The molecular weight excluding hydrogens is 358 g/mol. The molecular formula is C19H14F2N2O4. The summed E-state index contributed by atoms with van der Waals surface area (Å²) in [6, 6.07) is 9.49. The number of carbonyl (C=O) groups is 2. The number of methoxy groups -OCH3 is 1. The molecule has 0 aliphatic rings. The average Bonchev–Trinajstić information content (AvgIpc) is 3.03. The zero-order chi connectivity index (χ0) is 19.6. The molecule has 0 saturated heterocycles. The predicted octanol–water partition coefficient (Wildman–Crippen LogP) is 3.97. The van der Waals surface area contributed by atoms with Gasteiger partial charge >= 0.3 is 11.9 Å². The molecule has 0 aliphatic heterocycles. The highest BCUT2D eigenvalue weighted by atomic mass is 19.1. The molecule has 0 radical (unpaired) electrons. The van der Waals surface area contributed by atoms with Crippen molar-refractivity contribution in [2.45, 2.75) is 6.92 Å². The first-order valence-electron chi connectivity index (χ1n) is 7.82. The number of oxazole rings is 1. The van der Waals surface area contributed by atoms with Crippen molar-refractivity contribution in [3.63, 3.8) is 0 Å². The molecule has 1 N–H and O–H groups in total. The highest BCUT2D eigenvalue weighted by Crippen LogP contribution is 2.26. The van der Waals surface area contributed by atoms with Crippen LogP contribution in [0.1, 0.15) is 26.7 Å². The van der Waals surface area contributed by atoms with Gasteiger partial charge in [0.15, 0.2) is 5.76 Å². The van der Waals surface area contributed by atoms with Crippen LogP contribution in [-0.2, 0) is 4.74 Å². The number of nitrogens with zero attached hydrogens (tertiary/aromatic N) is 1. The summed E-state index contributed by atoms with van der Waals surface area (Å²) in [4.78, 5) is 27.6. The summed E-state index contributed by atoms with van der Waals surface area (Å²) in [5.41, 5.74) is 0.762. The molecule has 0 bridgehead atoms. The molecule has 27 heavy (non-hydrogen) atoms. The van der Waals surface area contributed by atoms with E-state index in [1.54, 1.807) is 19.1 Å². The van der Waals surface area contributed by atoms with Crippen LogP contribution in [0.25, 0.3) is 11.3 Å². The Bertz CT molecular complexity index is 993. The van der Waals surface area contributed by atoms with Gasteiger partial charge in [-0.1, -0.05) is 6.07 Å². The lowest BCUT2D eigenvalue weighted by Gasteiger charge is -2.07. The Morgan fingerprint density at radius 2 is 1.70 bits per heavy atom. The molecule has 0 fully saturated rings. The molecule has 1 aromatic heterocycles. The standard InChI is InChI=1S/C19H14F2N2O4/c1-10-16(27-18(22-10)19(25)26-2)11-6-8-12(9-7-11)23-17(24)15-13(20)4-3-5-14(15)21/h3-9H,1-2H3,(H,23,24). The van der Waals surface area contributed by atoms with E-state index in [1.165, 1.54) is 25.3 Å². The molecule has 0 saturated carbocycles. The first kappa shape index (κ1) is 18.2. The number of nitrogens with one attached hydrogen (secondary N) is 1. The summed E-state index contributed by atoms with van der Waals surface area (Å²) in [5, 5.41) is 2.43. The molecule has 1 heterocycles. The number of esters is 1. The van der Waals surface area contributed by atoms with Gasteiger partial charge in [0.1, 0.15) is 17.2 Å². The van der Waals surface area contributed by atoms with E-state index in [-0.39, 0.29) is 5.89 Å². The summed E-state index contributed by atoms with van der Waals surface area (Å²) < 4.78 is 37.3. The number of benzene rings is 2. The van der Waals surface area contributed by atoms with Gasteiger partial charge in [-0.05, 0) is 43.3 Å². The van der Waals surface area contributed by atoms with Crippen LogP contribution < -0.4 is 5.32 Å². The number of ether oxygens (including phenoxy) is 1. The van der Waals surface area contributed by atoms with E-state index in [9.17, 15) is 18.4 Å². The number of aryl methyl sites for hydroxylation is 1. The predicted molar refractivity (Wildman–Crippen MR) is 92.3 cm³/mol. The molecule has 0 atom stereocenters. The van der Waals surface area contributed by atoms with E-state index >= 15 is 0 Å². The van der Waals surface area contributed by atoms with Gasteiger partial charge in [-0.25, -0.2) is 18.6 Å². The van der Waals surface area contributed by atoms with E-state index in [0.29, 0.717) is 22.7 Å². The first-order valence-corrected chi connectivity index (χ1v) is 7.82. The van der Waals surface area contributed by atoms with Crippen LogP contribution in [0.15, 0.2) is 46.9 Å². The van der Waals surface area contributed by atoms with Crippen LogP contribution in [0.3, 0.4) is 0 Å². The molecule has 0 aliphatic carbocycles. The molecule has 1 amide bonds. The maximum atomic E-state index is 13.7. The van der Waals surface area contributed by atoms with E-state index < -0.39 is 29.1 Å². The van der Waals surface area contributed by atoms with E-state index in [2.05, 4.69) is 15.0 Å². The van der Waals surface area contributed by atoms with Crippen molar-refractivity contribution < 1.29 is 27.5 Å². The Labute approximate surface area is 152 Å². The minimum absolute atomic E-state index is 0.169. The van der Waals surface area contributed by atoms with Crippen LogP contribution in [0, 0.1) is 18.6 Å². The zero-order valence-electron chi connectivity index (χ0n) is 14.4. The average molecular weight is 372 g/mol. The smallest absolute Gasteiger partial charge is 0.394 e. The highest BCUT2D eigenvalue weighted by molar-refractivity contribution is 6.04. The maximum Gasteiger partial charge on any atom is 0.394 e. The summed E-state index contributed by atoms with van der Waals surface area (Å²) >= 11 is 0. The van der Waals surface area contributed by atoms with Crippen LogP contribution in [0.2, 0.25) is 0 Å². The fourth-order valence-corrected chi connectivity index (χ4v) is 2.45. The molecule has 6 nitrogen and oxygen atoms in total. The van der Waals surface area contributed by atoms with Crippen molar-refractivity contribution in [1.29, 1.82) is 0 Å². The SMILES string of the molecule is COC(=O)c1nc(C)c(-c2ccc(NC(=O)c3c(F)cccc3F)cc2)o1. The topological polar surface area (TPSA) is 81.4 Å². The van der Waals surface area contributed by atoms with Gasteiger partial charge in [0.25, 0.3) is 5.91 Å². The number of hydrogen-bond acceptors (Lipinski definition) is 5. The lowest BCUT2D eigenvalue weighted by atomic mass is 10.1. The Balaban J connectivity index is 1.81. The van der Waals surface area contributed by atoms with Crippen LogP contribution in [0.5, 0.6) is 0 Å². The van der Waals surface area contributed by atoms with Crippen molar-refractivity contribution in [2.24, 2.45) is 0 Å². The molecule has 0 unspecified atom stereocenters. The molecule has 138 valence electrons. The van der Waals surface area contributed by atoms with Gasteiger partial charge in [-0.2, -0.15) is 0 Å². The molecule has 3 rings (SSSR count). The highest BCUT2D eigenvalue weighted by Gasteiger charge is 2.19. The fraction of sp³-hybridized carbons (Fsp3) is 0.105. The van der Waals surface area contributed by atoms with Crippen LogP contribution in [-0.4, -0.2) is 24.0 Å². The monoisotopic (exact) mass is 372 g/mol. The second-order valence-electron chi connectivity index (χ2n) is 5.55. The minimum atomic E-state index is -0.947. The van der Waals surface area contributed by atoms with Crippen molar-refractivity contribution in [3.05, 3.63) is 71.2 Å².